The molecule has 0 saturated carbocycles. The van der Waals surface area contributed by atoms with Gasteiger partial charge in [-0.25, -0.2) is 4.79 Å². The molecular weight excluding hydrogens is 238 g/mol. The maximum absolute atomic E-state index is 11.3. The monoisotopic (exact) mass is 253 g/mol. The van der Waals surface area contributed by atoms with Crippen molar-refractivity contribution in [1.82, 2.24) is 5.32 Å². The van der Waals surface area contributed by atoms with E-state index in [0.29, 0.717) is 5.75 Å². The van der Waals surface area contributed by atoms with Gasteiger partial charge in [0.05, 0.1) is 6.54 Å². The van der Waals surface area contributed by atoms with Crippen LogP contribution in [0.3, 0.4) is 0 Å². The molecule has 0 fully saturated rings. The lowest BCUT2D eigenvalue weighted by Crippen LogP contribution is -2.38. The number of aliphatic hydroxyl groups is 1. The van der Waals surface area contributed by atoms with E-state index < -0.39 is 18.0 Å². The van der Waals surface area contributed by atoms with E-state index in [1.165, 1.54) is 0 Å². The van der Waals surface area contributed by atoms with Gasteiger partial charge in [-0.05, 0) is 18.6 Å². The van der Waals surface area contributed by atoms with E-state index in [1.807, 2.05) is 19.1 Å². The molecule has 0 saturated heterocycles. The van der Waals surface area contributed by atoms with Gasteiger partial charge in [-0.1, -0.05) is 18.2 Å². The van der Waals surface area contributed by atoms with Crippen LogP contribution in [0.2, 0.25) is 0 Å². The number of aliphatic carboxylic acids is 1. The molecule has 1 unspecified atom stereocenters. The molecule has 18 heavy (non-hydrogen) atoms. The lowest BCUT2D eigenvalue weighted by atomic mass is 10.2. The molecule has 0 aromatic heterocycles. The van der Waals surface area contributed by atoms with Crippen molar-refractivity contribution in [3.05, 3.63) is 29.8 Å². The number of hydrogen-bond acceptors (Lipinski definition) is 4. The number of amides is 1. The largest absolute Gasteiger partial charge is 0.484 e. The van der Waals surface area contributed by atoms with Crippen molar-refractivity contribution in [2.45, 2.75) is 13.0 Å². The standard InChI is InChI=1S/C12H15NO5/c1-8-4-2-3-5-10(8)18-7-11(15)13-6-9(14)12(16)17/h2-5,9,14H,6-7H2,1H3,(H,13,15)(H,16,17). The summed E-state index contributed by atoms with van der Waals surface area (Å²) in [7, 11) is 0. The third-order valence-corrected chi connectivity index (χ3v) is 2.23. The Morgan fingerprint density at radius 3 is 2.67 bits per heavy atom. The van der Waals surface area contributed by atoms with Crippen LogP contribution in [0.1, 0.15) is 5.56 Å². The smallest absolute Gasteiger partial charge is 0.334 e. The van der Waals surface area contributed by atoms with Gasteiger partial charge in [-0.15, -0.1) is 0 Å². The summed E-state index contributed by atoms with van der Waals surface area (Å²) in [6.45, 7) is 1.28. The number of carbonyl (C=O) groups excluding carboxylic acids is 1. The lowest BCUT2D eigenvalue weighted by molar-refractivity contribution is -0.146. The Labute approximate surface area is 104 Å². The summed E-state index contributed by atoms with van der Waals surface area (Å²) in [5.41, 5.74) is 0.899. The molecule has 0 spiro atoms. The van der Waals surface area contributed by atoms with Gasteiger partial charge in [0.1, 0.15) is 5.75 Å². The second-order valence-corrected chi connectivity index (χ2v) is 3.71. The Morgan fingerprint density at radius 2 is 2.06 bits per heavy atom. The van der Waals surface area contributed by atoms with Crippen LogP contribution in [0.5, 0.6) is 5.75 Å². The Balaban J connectivity index is 2.34. The molecule has 0 radical (unpaired) electrons. The Hall–Kier alpha value is -2.08. The molecule has 0 aliphatic carbocycles. The van der Waals surface area contributed by atoms with Crippen LogP contribution in [-0.4, -0.2) is 41.3 Å². The highest BCUT2D eigenvalue weighted by Gasteiger charge is 2.14. The molecule has 3 N–H and O–H groups in total. The van der Waals surface area contributed by atoms with E-state index in [9.17, 15) is 9.59 Å². The first-order valence-electron chi connectivity index (χ1n) is 5.36. The summed E-state index contributed by atoms with van der Waals surface area (Å²) in [5.74, 6) is -1.28. The third-order valence-electron chi connectivity index (χ3n) is 2.23. The predicted octanol–water partition coefficient (Wildman–Crippen LogP) is -0.0645. The minimum atomic E-state index is -1.60. The fraction of sp³-hybridized carbons (Fsp3) is 0.333. The third kappa shape index (κ3) is 4.42. The normalized spacial score (nSPS) is 11.7. The number of carbonyl (C=O) groups is 2. The second kappa shape index (κ2) is 6.61. The van der Waals surface area contributed by atoms with E-state index in [1.54, 1.807) is 12.1 Å². The van der Waals surface area contributed by atoms with Crippen LogP contribution < -0.4 is 10.1 Å². The summed E-state index contributed by atoms with van der Waals surface area (Å²) >= 11 is 0. The number of nitrogens with one attached hydrogen (secondary N) is 1. The number of para-hydroxylation sites is 1. The zero-order valence-electron chi connectivity index (χ0n) is 9.92. The molecule has 0 heterocycles. The van der Waals surface area contributed by atoms with E-state index in [2.05, 4.69) is 5.32 Å². The topological polar surface area (TPSA) is 95.9 Å². The van der Waals surface area contributed by atoms with E-state index in [4.69, 9.17) is 14.9 Å². The van der Waals surface area contributed by atoms with Gasteiger partial charge >= 0.3 is 5.97 Å². The zero-order chi connectivity index (χ0) is 13.5. The highest BCUT2D eigenvalue weighted by atomic mass is 16.5. The van der Waals surface area contributed by atoms with Gasteiger partial charge in [0.2, 0.25) is 0 Å². The van der Waals surface area contributed by atoms with E-state index >= 15 is 0 Å². The fourth-order valence-corrected chi connectivity index (χ4v) is 1.21. The van der Waals surface area contributed by atoms with Gasteiger partial charge in [-0.3, -0.25) is 4.79 Å². The number of hydrogen-bond donors (Lipinski definition) is 3. The molecule has 98 valence electrons. The molecule has 1 rings (SSSR count). The van der Waals surface area contributed by atoms with E-state index in [-0.39, 0.29) is 13.2 Å². The number of aliphatic hydroxyl groups excluding tert-OH is 1. The van der Waals surface area contributed by atoms with Gasteiger partial charge in [0.15, 0.2) is 12.7 Å². The quantitative estimate of drug-likeness (QED) is 0.660. The molecule has 1 atom stereocenters. The van der Waals surface area contributed by atoms with E-state index in [0.717, 1.165) is 5.56 Å². The molecule has 1 aromatic rings. The molecule has 6 nitrogen and oxygen atoms in total. The molecule has 1 amide bonds. The number of benzene rings is 1. The van der Waals surface area contributed by atoms with Crippen LogP contribution in [-0.2, 0) is 9.59 Å². The minimum Gasteiger partial charge on any atom is -0.484 e. The predicted molar refractivity (Wildman–Crippen MR) is 63.3 cm³/mol. The molecule has 6 heteroatoms. The highest BCUT2D eigenvalue weighted by Crippen LogP contribution is 2.15. The molecule has 1 aromatic carbocycles. The lowest BCUT2D eigenvalue weighted by Gasteiger charge is -2.10. The summed E-state index contributed by atoms with van der Waals surface area (Å²) in [6, 6.07) is 7.22. The highest BCUT2D eigenvalue weighted by molar-refractivity contribution is 5.79. The molecular formula is C12H15NO5. The van der Waals surface area contributed by atoms with Crippen molar-refractivity contribution in [3.8, 4) is 5.75 Å². The fourth-order valence-electron chi connectivity index (χ4n) is 1.21. The maximum atomic E-state index is 11.3. The van der Waals surface area contributed by atoms with Crippen LogP contribution in [0, 0.1) is 6.92 Å². The summed E-state index contributed by atoms with van der Waals surface area (Å²) in [5, 5.41) is 19.6. The Morgan fingerprint density at radius 1 is 1.39 bits per heavy atom. The Kier molecular flexibility index (Phi) is 5.13. The van der Waals surface area contributed by atoms with Crippen molar-refractivity contribution in [1.29, 1.82) is 0 Å². The van der Waals surface area contributed by atoms with Crippen molar-refractivity contribution < 1.29 is 24.5 Å². The average Bonchev–Trinajstić information content (AvgIpc) is 2.34. The Bertz CT molecular complexity index is 432. The summed E-state index contributed by atoms with van der Waals surface area (Å²) in [4.78, 5) is 21.6. The van der Waals surface area contributed by atoms with Crippen LogP contribution in [0.15, 0.2) is 24.3 Å². The van der Waals surface area contributed by atoms with Gasteiger partial charge in [0, 0.05) is 0 Å². The SMILES string of the molecule is Cc1ccccc1OCC(=O)NCC(O)C(=O)O. The summed E-state index contributed by atoms with van der Waals surface area (Å²) in [6.07, 6.45) is -1.60. The average molecular weight is 253 g/mol. The molecule has 0 aliphatic heterocycles. The van der Waals surface area contributed by atoms with Gasteiger partial charge < -0.3 is 20.3 Å². The van der Waals surface area contributed by atoms with Gasteiger partial charge in [-0.2, -0.15) is 0 Å². The van der Waals surface area contributed by atoms with Gasteiger partial charge in [0.25, 0.3) is 5.91 Å². The first-order valence-corrected chi connectivity index (χ1v) is 5.36. The first kappa shape index (κ1) is 14.0. The van der Waals surface area contributed by atoms with Crippen molar-refractivity contribution in [3.63, 3.8) is 0 Å². The van der Waals surface area contributed by atoms with Crippen LogP contribution in [0.4, 0.5) is 0 Å². The number of aryl methyl sites for hydroxylation is 1. The zero-order valence-corrected chi connectivity index (χ0v) is 9.92. The molecule has 0 bridgehead atoms. The first-order chi connectivity index (χ1) is 8.50. The number of carboxylic acid groups (broad SMARTS) is 1. The minimum absolute atomic E-state index is 0.225. The van der Waals surface area contributed by atoms with Crippen LogP contribution in [0.25, 0.3) is 0 Å². The maximum Gasteiger partial charge on any atom is 0.334 e. The number of carboxylic acids is 1. The number of ether oxygens (including phenoxy) is 1. The van der Waals surface area contributed by atoms with Crippen molar-refractivity contribution in [2.75, 3.05) is 13.2 Å². The molecule has 0 aliphatic rings. The van der Waals surface area contributed by atoms with Crippen LogP contribution >= 0.6 is 0 Å². The second-order valence-electron chi connectivity index (χ2n) is 3.71. The summed E-state index contributed by atoms with van der Waals surface area (Å²) < 4.78 is 5.25. The number of rotatable bonds is 6. The van der Waals surface area contributed by atoms with Crippen molar-refractivity contribution >= 4 is 11.9 Å². The van der Waals surface area contributed by atoms with Crippen molar-refractivity contribution in [2.24, 2.45) is 0 Å².